The van der Waals surface area contributed by atoms with E-state index in [0.29, 0.717) is 24.2 Å². The molecule has 7 nitrogen and oxygen atoms in total. The van der Waals surface area contributed by atoms with Gasteiger partial charge in [0.15, 0.2) is 5.65 Å². The minimum atomic E-state index is -4.96. The van der Waals surface area contributed by atoms with Crippen molar-refractivity contribution < 1.29 is 22.7 Å². The van der Waals surface area contributed by atoms with Gasteiger partial charge >= 0.3 is 12.1 Å². The van der Waals surface area contributed by atoms with Crippen LogP contribution >= 0.6 is 0 Å². The molecule has 1 amide bonds. The molecule has 3 aromatic rings. The molecule has 28 heavy (non-hydrogen) atoms. The number of hydrogen-bond donors (Lipinski definition) is 0. The van der Waals surface area contributed by atoms with Gasteiger partial charge in [0.1, 0.15) is 0 Å². The minimum Gasteiger partial charge on any atom is -0.376 e. The predicted octanol–water partition coefficient (Wildman–Crippen LogP) is 2.66. The number of pyridine rings is 1. The normalized spacial score (nSPS) is 17.5. The highest BCUT2D eigenvalue weighted by atomic mass is 19.4. The number of ether oxygens (including phenoxy) is 1. The summed E-state index contributed by atoms with van der Waals surface area (Å²) in [6.07, 6.45) is -3.97. The summed E-state index contributed by atoms with van der Waals surface area (Å²) in [4.78, 5) is 12.8. The van der Waals surface area contributed by atoms with Gasteiger partial charge in [-0.15, -0.1) is 5.10 Å². The Bertz CT molecular complexity index is 1030. The van der Waals surface area contributed by atoms with E-state index in [2.05, 4.69) is 15.5 Å². The number of hydrogen-bond acceptors (Lipinski definition) is 5. The van der Waals surface area contributed by atoms with Gasteiger partial charge in [0.25, 0.3) is 0 Å². The largest absolute Gasteiger partial charge is 0.471 e. The van der Waals surface area contributed by atoms with Crippen LogP contribution in [0.3, 0.4) is 0 Å². The lowest BCUT2D eigenvalue weighted by atomic mass is 10.1. The molecular formula is C18H18F3N5O2. The van der Waals surface area contributed by atoms with Crippen LogP contribution < -0.4 is 0 Å². The Hall–Kier alpha value is -2.75. The molecule has 4 rings (SSSR count). The van der Waals surface area contributed by atoms with Crippen molar-refractivity contribution in [2.24, 2.45) is 0 Å². The maximum absolute atomic E-state index is 13.2. The van der Waals surface area contributed by atoms with E-state index >= 15 is 0 Å². The molecule has 0 bridgehead atoms. The van der Waals surface area contributed by atoms with Crippen LogP contribution in [0, 0.1) is 6.92 Å². The van der Waals surface area contributed by atoms with Crippen molar-refractivity contribution in [2.45, 2.75) is 38.6 Å². The second kappa shape index (κ2) is 7.01. The molecule has 0 radical (unpaired) electrons. The third-order valence-corrected chi connectivity index (χ3v) is 4.84. The maximum Gasteiger partial charge on any atom is 0.471 e. The number of benzene rings is 1. The molecule has 3 heterocycles. The first-order valence-electron chi connectivity index (χ1n) is 8.91. The monoisotopic (exact) mass is 393 g/mol. The first-order valence-corrected chi connectivity index (χ1v) is 8.91. The summed E-state index contributed by atoms with van der Waals surface area (Å²) in [5, 5.41) is 12.3. The van der Waals surface area contributed by atoms with Crippen LogP contribution in [0.25, 0.3) is 16.6 Å². The fourth-order valence-electron chi connectivity index (χ4n) is 3.54. The average molecular weight is 393 g/mol. The maximum atomic E-state index is 13.2. The Labute approximate surface area is 158 Å². The van der Waals surface area contributed by atoms with Crippen molar-refractivity contribution in [2.75, 3.05) is 13.2 Å². The van der Waals surface area contributed by atoms with Crippen LogP contribution in [-0.4, -0.2) is 56.3 Å². The Kier molecular flexibility index (Phi) is 4.66. The average Bonchev–Trinajstić information content (AvgIpc) is 3.31. The number of amides is 1. The summed E-state index contributed by atoms with van der Waals surface area (Å²) < 4.78 is 46.4. The highest BCUT2D eigenvalue weighted by Crippen LogP contribution is 2.26. The Morgan fingerprint density at radius 2 is 2.18 bits per heavy atom. The van der Waals surface area contributed by atoms with Crippen molar-refractivity contribution in [1.29, 1.82) is 0 Å². The number of tetrazole rings is 1. The number of carbonyl (C=O) groups is 1. The number of halogens is 3. The Morgan fingerprint density at radius 1 is 1.36 bits per heavy atom. The summed E-state index contributed by atoms with van der Waals surface area (Å²) in [7, 11) is 0. The van der Waals surface area contributed by atoms with Crippen molar-refractivity contribution in [3.05, 3.63) is 35.4 Å². The van der Waals surface area contributed by atoms with Gasteiger partial charge in [0.2, 0.25) is 0 Å². The topological polar surface area (TPSA) is 72.6 Å². The quantitative estimate of drug-likeness (QED) is 0.682. The van der Waals surface area contributed by atoms with Crippen molar-refractivity contribution in [1.82, 2.24) is 24.9 Å². The molecule has 1 unspecified atom stereocenters. The predicted molar refractivity (Wildman–Crippen MR) is 93.5 cm³/mol. The van der Waals surface area contributed by atoms with E-state index in [9.17, 15) is 18.0 Å². The number of nitrogens with zero attached hydrogens (tertiary/aromatic N) is 5. The van der Waals surface area contributed by atoms with Crippen LogP contribution in [0.2, 0.25) is 0 Å². The van der Waals surface area contributed by atoms with Crippen LogP contribution in [-0.2, 0) is 16.1 Å². The third-order valence-electron chi connectivity index (χ3n) is 4.84. The van der Waals surface area contributed by atoms with Crippen LogP contribution in [0.5, 0.6) is 0 Å². The molecule has 1 saturated heterocycles. The molecule has 1 fully saturated rings. The third kappa shape index (κ3) is 3.51. The lowest BCUT2D eigenvalue weighted by molar-refractivity contribution is -0.187. The van der Waals surface area contributed by atoms with E-state index in [1.165, 1.54) is 4.52 Å². The van der Waals surface area contributed by atoms with Gasteiger partial charge in [-0.05, 0) is 48.4 Å². The summed E-state index contributed by atoms with van der Waals surface area (Å²) in [6.45, 7) is 2.02. The lowest BCUT2D eigenvalue weighted by Crippen LogP contribution is -2.44. The Morgan fingerprint density at radius 3 is 2.89 bits per heavy atom. The number of rotatable bonds is 4. The van der Waals surface area contributed by atoms with Crippen LogP contribution in [0.4, 0.5) is 13.2 Å². The van der Waals surface area contributed by atoms with Gasteiger partial charge < -0.3 is 9.64 Å². The van der Waals surface area contributed by atoms with Gasteiger partial charge in [0.05, 0.1) is 11.6 Å². The van der Waals surface area contributed by atoms with Crippen LogP contribution in [0.1, 0.15) is 24.0 Å². The van der Waals surface area contributed by atoms with Crippen molar-refractivity contribution >= 4 is 22.5 Å². The molecule has 1 aliphatic heterocycles. The zero-order chi connectivity index (χ0) is 19.9. The highest BCUT2D eigenvalue weighted by Gasteiger charge is 2.43. The van der Waals surface area contributed by atoms with Gasteiger partial charge in [-0.3, -0.25) is 4.79 Å². The van der Waals surface area contributed by atoms with Gasteiger partial charge in [-0.2, -0.15) is 17.7 Å². The lowest BCUT2D eigenvalue weighted by Gasteiger charge is -2.26. The smallest absolute Gasteiger partial charge is 0.376 e. The molecular weight excluding hydrogens is 375 g/mol. The first kappa shape index (κ1) is 18.6. The number of carbonyl (C=O) groups excluding carboxylic acids is 1. The first-order chi connectivity index (χ1) is 13.3. The number of alkyl halides is 3. The number of aryl methyl sites for hydroxylation is 1. The molecule has 0 saturated carbocycles. The second-order valence-electron chi connectivity index (χ2n) is 6.96. The zero-order valence-electron chi connectivity index (χ0n) is 15.1. The SMILES string of the molecule is Cc1ccc2c(c1)cc(CN(CC1CCCO1)C(=O)C(F)(F)F)c1nnnn12. The molecule has 2 aromatic heterocycles. The standard InChI is InChI=1S/C18H18F3N5O2/c1-11-4-5-15-12(7-11)8-13(16-22-23-24-26(15)16)9-25(17(27)18(19,20)21)10-14-3-2-6-28-14/h4-5,7-8,14H,2-3,6,9-10H2,1H3. The summed E-state index contributed by atoms with van der Waals surface area (Å²) in [6, 6.07) is 7.39. The molecule has 0 N–H and O–H groups in total. The molecule has 0 spiro atoms. The van der Waals surface area contributed by atoms with E-state index in [4.69, 9.17) is 4.74 Å². The minimum absolute atomic E-state index is 0.127. The van der Waals surface area contributed by atoms with Crippen molar-refractivity contribution in [3.63, 3.8) is 0 Å². The fourth-order valence-corrected chi connectivity index (χ4v) is 3.54. The molecule has 1 aromatic carbocycles. The second-order valence-corrected chi connectivity index (χ2v) is 6.96. The molecule has 1 atom stereocenters. The van der Waals surface area contributed by atoms with Gasteiger partial charge in [-0.1, -0.05) is 11.6 Å². The fraction of sp³-hybridized carbons (Fsp3) is 0.444. The van der Waals surface area contributed by atoms with Gasteiger partial charge in [-0.25, -0.2) is 0 Å². The zero-order valence-corrected chi connectivity index (χ0v) is 15.1. The van der Waals surface area contributed by atoms with E-state index in [-0.39, 0.29) is 13.1 Å². The van der Waals surface area contributed by atoms with E-state index in [1.54, 1.807) is 6.07 Å². The van der Waals surface area contributed by atoms with Gasteiger partial charge in [0, 0.05) is 30.6 Å². The summed E-state index contributed by atoms with van der Waals surface area (Å²) >= 11 is 0. The number of aromatic nitrogens is 4. The molecule has 148 valence electrons. The van der Waals surface area contributed by atoms with E-state index in [0.717, 1.165) is 27.8 Å². The van der Waals surface area contributed by atoms with Crippen LogP contribution in [0.15, 0.2) is 24.3 Å². The van der Waals surface area contributed by atoms with E-state index < -0.39 is 18.2 Å². The molecule has 0 aliphatic carbocycles. The summed E-state index contributed by atoms with van der Waals surface area (Å²) in [5.74, 6) is -1.89. The summed E-state index contributed by atoms with van der Waals surface area (Å²) in [5.41, 5.74) is 2.50. The number of fused-ring (bicyclic) bond motifs is 3. The Balaban J connectivity index is 1.75. The highest BCUT2D eigenvalue weighted by molar-refractivity contribution is 5.85. The molecule has 1 aliphatic rings. The van der Waals surface area contributed by atoms with Crippen molar-refractivity contribution in [3.8, 4) is 0 Å². The molecule has 10 heteroatoms. The van der Waals surface area contributed by atoms with E-state index in [1.807, 2.05) is 25.1 Å².